The maximum absolute atomic E-state index is 13.8. The van der Waals surface area contributed by atoms with Gasteiger partial charge in [-0.15, -0.1) is 0 Å². The van der Waals surface area contributed by atoms with Crippen LogP contribution in [0.5, 0.6) is 0 Å². The molecule has 0 spiro atoms. The van der Waals surface area contributed by atoms with Crippen LogP contribution in [0.2, 0.25) is 5.02 Å². The Bertz CT molecular complexity index is 438. The molecule has 4 nitrogen and oxygen atoms in total. The van der Waals surface area contributed by atoms with E-state index in [1.165, 1.54) is 18.9 Å². The standard InChI is InChI=1S/C12H17ClFN3O/c13-10-8(15)5-9(16)12(11(10)14)17-3-4-18-6-7-1-2-7/h5,7,17H,1-4,6,15-16H2. The Morgan fingerprint density at radius 3 is 2.78 bits per heavy atom. The average Bonchev–Trinajstić information content (AvgIpc) is 3.14. The molecule has 0 heterocycles. The Morgan fingerprint density at radius 2 is 2.11 bits per heavy atom. The van der Waals surface area contributed by atoms with E-state index in [-0.39, 0.29) is 22.1 Å². The molecule has 6 heteroatoms. The summed E-state index contributed by atoms with van der Waals surface area (Å²) in [4.78, 5) is 0. The zero-order valence-electron chi connectivity index (χ0n) is 10.0. The highest BCUT2D eigenvalue weighted by molar-refractivity contribution is 6.33. The first-order valence-corrected chi connectivity index (χ1v) is 6.32. The summed E-state index contributed by atoms with van der Waals surface area (Å²) in [5.74, 6) is 0.106. The number of hydrogen-bond donors (Lipinski definition) is 3. The van der Waals surface area contributed by atoms with E-state index in [1.807, 2.05) is 0 Å². The zero-order valence-corrected chi connectivity index (χ0v) is 10.8. The molecule has 100 valence electrons. The van der Waals surface area contributed by atoms with Gasteiger partial charge in [0.15, 0.2) is 5.82 Å². The van der Waals surface area contributed by atoms with Gasteiger partial charge in [0.1, 0.15) is 5.02 Å². The molecule has 0 radical (unpaired) electrons. The molecule has 0 atom stereocenters. The van der Waals surface area contributed by atoms with Crippen molar-refractivity contribution in [2.24, 2.45) is 5.92 Å². The number of hydrogen-bond acceptors (Lipinski definition) is 4. The van der Waals surface area contributed by atoms with Crippen LogP contribution in [-0.4, -0.2) is 19.8 Å². The van der Waals surface area contributed by atoms with E-state index >= 15 is 0 Å². The van der Waals surface area contributed by atoms with Crippen LogP contribution in [-0.2, 0) is 4.74 Å². The monoisotopic (exact) mass is 273 g/mol. The molecule has 1 aromatic carbocycles. The highest BCUT2D eigenvalue weighted by atomic mass is 35.5. The summed E-state index contributed by atoms with van der Waals surface area (Å²) in [5, 5.41) is 2.77. The second-order valence-corrected chi connectivity index (χ2v) is 4.88. The summed E-state index contributed by atoms with van der Waals surface area (Å²) < 4.78 is 19.2. The van der Waals surface area contributed by atoms with Gasteiger partial charge in [0.05, 0.1) is 23.7 Å². The highest BCUT2D eigenvalue weighted by Gasteiger charge is 2.21. The molecule has 1 aliphatic carbocycles. The first-order chi connectivity index (χ1) is 8.59. The van der Waals surface area contributed by atoms with E-state index in [0.717, 1.165) is 12.5 Å². The third kappa shape index (κ3) is 3.17. The molecule has 5 N–H and O–H groups in total. The van der Waals surface area contributed by atoms with Crippen molar-refractivity contribution in [3.63, 3.8) is 0 Å². The van der Waals surface area contributed by atoms with Gasteiger partial charge < -0.3 is 21.5 Å². The van der Waals surface area contributed by atoms with Crippen LogP contribution in [0.25, 0.3) is 0 Å². The first kappa shape index (κ1) is 13.2. The van der Waals surface area contributed by atoms with Gasteiger partial charge in [-0.3, -0.25) is 0 Å². The third-order valence-corrected chi connectivity index (χ3v) is 3.25. The predicted molar refractivity (Wildman–Crippen MR) is 72.3 cm³/mol. The fourth-order valence-corrected chi connectivity index (χ4v) is 1.78. The lowest BCUT2D eigenvalue weighted by Gasteiger charge is -2.13. The number of anilines is 3. The number of rotatable bonds is 6. The van der Waals surface area contributed by atoms with Crippen LogP contribution in [0.3, 0.4) is 0 Å². The van der Waals surface area contributed by atoms with Crippen LogP contribution in [0.4, 0.5) is 21.5 Å². The summed E-state index contributed by atoms with van der Waals surface area (Å²) in [7, 11) is 0. The van der Waals surface area contributed by atoms with Gasteiger partial charge in [0.25, 0.3) is 0 Å². The molecule has 1 fully saturated rings. The molecule has 2 rings (SSSR count). The minimum Gasteiger partial charge on any atom is -0.397 e. The Balaban J connectivity index is 1.85. The van der Waals surface area contributed by atoms with Gasteiger partial charge in [-0.25, -0.2) is 4.39 Å². The van der Waals surface area contributed by atoms with Crippen molar-refractivity contribution in [3.05, 3.63) is 16.9 Å². The van der Waals surface area contributed by atoms with Crippen LogP contribution in [0.15, 0.2) is 6.07 Å². The number of benzene rings is 1. The molecule has 0 unspecified atom stereocenters. The Labute approximate surface area is 110 Å². The van der Waals surface area contributed by atoms with Crippen molar-refractivity contribution in [1.82, 2.24) is 0 Å². The first-order valence-electron chi connectivity index (χ1n) is 5.94. The lowest BCUT2D eigenvalue weighted by atomic mass is 10.2. The minimum absolute atomic E-state index is 0.106. The van der Waals surface area contributed by atoms with Gasteiger partial charge in [0.2, 0.25) is 0 Å². The summed E-state index contributed by atoms with van der Waals surface area (Å²) in [6.45, 7) is 1.77. The fraction of sp³-hybridized carbons (Fsp3) is 0.500. The SMILES string of the molecule is Nc1cc(N)c(NCCOCC2CC2)c(F)c1Cl. The molecule has 0 aromatic heterocycles. The van der Waals surface area contributed by atoms with Crippen molar-refractivity contribution < 1.29 is 9.13 Å². The molecule has 0 amide bonds. The summed E-state index contributed by atoms with van der Waals surface area (Å²) in [5.41, 5.74) is 11.8. The van der Waals surface area contributed by atoms with Gasteiger partial charge in [-0.2, -0.15) is 0 Å². The Morgan fingerprint density at radius 1 is 1.39 bits per heavy atom. The molecular weight excluding hydrogens is 257 g/mol. The fourth-order valence-electron chi connectivity index (χ4n) is 1.63. The average molecular weight is 274 g/mol. The van der Waals surface area contributed by atoms with E-state index in [9.17, 15) is 4.39 Å². The second-order valence-electron chi connectivity index (χ2n) is 4.50. The van der Waals surface area contributed by atoms with Gasteiger partial charge in [-0.1, -0.05) is 11.6 Å². The smallest absolute Gasteiger partial charge is 0.169 e. The highest BCUT2D eigenvalue weighted by Crippen LogP contribution is 2.33. The van der Waals surface area contributed by atoms with Crippen molar-refractivity contribution >= 4 is 28.7 Å². The second kappa shape index (κ2) is 5.63. The number of halogens is 2. The third-order valence-electron chi connectivity index (χ3n) is 2.86. The van der Waals surface area contributed by atoms with Crippen LogP contribution in [0, 0.1) is 11.7 Å². The lowest BCUT2D eigenvalue weighted by Crippen LogP contribution is -2.13. The van der Waals surface area contributed by atoms with Crippen molar-refractivity contribution in [1.29, 1.82) is 0 Å². The van der Waals surface area contributed by atoms with E-state index in [1.54, 1.807) is 0 Å². The van der Waals surface area contributed by atoms with E-state index in [4.69, 9.17) is 27.8 Å². The number of ether oxygens (including phenoxy) is 1. The Hall–Kier alpha value is -1.20. The van der Waals surface area contributed by atoms with Crippen molar-refractivity contribution in [2.45, 2.75) is 12.8 Å². The van der Waals surface area contributed by atoms with Crippen LogP contribution in [0.1, 0.15) is 12.8 Å². The molecule has 18 heavy (non-hydrogen) atoms. The van der Waals surface area contributed by atoms with Gasteiger partial charge >= 0.3 is 0 Å². The van der Waals surface area contributed by atoms with Crippen LogP contribution < -0.4 is 16.8 Å². The zero-order chi connectivity index (χ0) is 13.1. The van der Waals surface area contributed by atoms with Crippen molar-refractivity contribution in [2.75, 3.05) is 36.5 Å². The Kier molecular flexibility index (Phi) is 4.14. The van der Waals surface area contributed by atoms with E-state index in [0.29, 0.717) is 13.2 Å². The number of nitrogen functional groups attached to an aromatic ring is 2. The quantitative estimate of drug-likeness (QED) is 0.550. The summed E-state index contributed by atoms with van der Waals surface area (Å²) in [6.07, 6.45) is 2.51. The molecule has 0 bridgehead atoms. The molecule has 0 saturated heterocycles. The van der Waals surface area contributed by atoms with Crippen LogP contribution >= 0.6 is 11.6 Å². The predicted octanol–water partition coefficient (Wildman–Crippen LogP) is 2.48. The molecule has 1 aliphatic rings. The lowest BCUT2D eigenvalue weighted by molar-refractivity contribution is 0.134. The minimum atomic E-state index is -0.614. The summed E-state index contributed by atoms with van der Waals surface area (Å²) in [6, 6.07) is 1.44. The molecule has 1 saturated carbocycles. The summed E-state index contributed by atoms with van der Waals surface area (Å²) >= 11 is 5.72. The largest absolute Gasteiger partial charge is 0.397 e. The molecule has 0 aliphatic heterocycles. The maximum atomic E-state index is 13.8. The topological polar surface area (TPSA) is 73.3 Å². The normalized spacial score (nSPS) is 14.8. The number of nitrogens with two attached hydrogens (primary N) is 2. The van der Waals surface area contributed by atoms with E-state index in [2.05, 4.69) is 5.32 Å². The number of nitrogens with one attached hydrogen (secondary N) is 1. The van der Waals surface area contributed by atoms with E-state index < -0.39 is 5.82 Å². The molecular formula is C12H17ClFN3O. The maximum Gasteiger partial charge on any atom is 0.169 e. The van der Waals surface area contributed by atoms with Crippen molar-refractivity contribution in [3.8, 4) is 0 Å². The van der Waals surface area contributed by atoms with Gasteiger partial charge in [0, 0.05) is 13.2 Å². The van der Waals surface area contributed by atoms with Gasteiger partial charge in [-0.05, 0) is 24.8 Å². The molecule has 1 aromatic rings.